The first-order valence-electron chi connectivity index (χ1n) is 5.92. The maximum absolute atomic E-state index is 10.8. The molecule has 0 bridgehead atoms. The summed E-state index contributed by atoms with van der Waals surface area (Å²) in [5.74, 6) is 0.400. The van der Waals surface area contributed by atoms with Crippen LogP contribution in [0.5, 0.6) is 0 Å². The van der Waals surface area contributed by atoms with Crippen LogP contribution < -0.4 is 0 Å². The number of hydrogen-bond donors (Lipinski definition) is 1. The van der Waals surface area contributed by atoms with Gasteiger partial charge in [-0.3, -0.25) is 0 Å². The van der Waals surface area contributed by atoms with Crippen LogP contribution in [0.3, 0.4) is 0 Å². The molecule has 0 heterocycles. The Balaban J connectivity index is 2.30. The minimum Gasteiger partial charge on any atom is -0.387 e. The van der Waals surface area contributed by atoms with Crippen molar-refractivity contribution in [3.63, 3.8) is 0 Å². The molecule has 2 aliphatic rings. The Hall–Kier alpha value is -0.0800. The van der Waals surface area contributed by atoms with E-state index in [9.17, 15) is 5.11 Å². The fourth-order valence-corrected chi connectivity index (χ4v) is 3.60. The SMILES string of the molecule is COC12CCCCC1(O)C(C)CCC2. The monoisotopic (exact) mass is 198 g/mol. The summed E-state index contributed by atoms with van der Waals surface area (Å²) >= 11 is 0. The Bertz CT molecular complexity index is 206. The van der Waals surface area contributed by atoms with E-state index in [1.807, 2.05) is 0 Å². The van der Waals surface area contributed by atoms with Crippen LogP contribution in [0, 0.1) is 5.92 Å². The van der Waals surface area contributed by atoms with Crippen LogP contribution in [0.1, 0.15) is 51.9 Å². The van der Waals surface area contributed by atoms with Crippen LogP contribution in [-0.2, 0) is 4.74 Å². The second-order valence-corrected chi connectivity index (χ2v) is 5.12. The zero-order chi connectivity index (χ0) is 10.2. The predicted molar refractivity (Wildman–Crippen MR) is 56.2 cm³/mol. The first kappa shape index (κ1) is 10.4. The third-order valence-corrected chi connectivity index (χ3v) is 4.60. The highest BCUT2D eigenvalue weighted by Gasteiger charge is 2.56. The Morgan fingerprint density at radius 3 is 2.43 bits per heavy atom. The molecule has 2 fully saturated rings. The summed E-state index contributed by atoms with van der Waals surface area (Å²) in [5.41, 5.74) is -0.763. The number of fused-ring (bicyclic) bond motifs is 1. The largest absolute Gasteiger partial charge is 0.387 e. The first-order chi connectivity index (χ1) is 6.65. The summed E-state index contributed by atoms with van der Waals surface area (Å²) in [6, 6.07) is 0. The number of aliphatic hydroxyl groups is 1. The number of rotatable bonds is 1. The molecule has 14 heavy (non-hydrogen) atoms. The molecule has 0 spiro atoms. The Morgan fingerprint density at radius 1 is 1.14 bits per heavy atom. The first-order valence-corrected chi connectivity index (χ1v) is 5.92. The van der Waals surface area contributed by atoms with Gasteiger partial charge in [0.2, 0.25) is 0 Å². The summed E-state index contributed by atoms with van der Waals surface area (Å²) in [7, 11) is 1.77. The lowest BCUT2D eigenvalue weighted by atomic mass is 9.59. The summed E-state index contributed by atoms with van der Waals surface area (Å²) in [6.07, 6.45) is 7.75. The molecular formula is C12H22O2. The summed E-state index contributed by atoms with van der Waals surface area (Å²) in [5, 5.41) is 10.8. The predicted octanol–water partition coefficient (Wildman–Crippen LogP) is 2.50. The number of methoxy groups -OCH3 is 1. The lowest BCUT2D eigenvalue weighted by Gasteiger charge is -2.55. The second kappa shape index (κ2) is 3.49. The van der Waals surface area contributed by atoms with Crippen molar-refractivity contribution in [2.75, 3.05) is 7.11 Å². The molecule has 2 rings (SSSR count). The molecule has 2 saturated carbocycles. The second-order valence-electron chi connectivity index (χ2n) is 5.12. The average molecular weight is 198 g/mol. The number of hydrogen-bond acceptors (Lipinski definition) is 2. The maximum atomic E-state index is 10.8. The molecule has 0 aromatic rings. The maximum Gasteiger partial charge on any atom is 0.0966 e. The molecule has 1 N–H and O–H groups in total. The van der Waals surface area contributed by atoms with Crippen molar-refractivity contribution in [2.45, 2.75) is 63.1 Å². The van der Waals surface area contributed by atoms with Gasteiger partial charge in [0.05, 0.1) is 11.2 Å². The van der Waals surface area contributed by atoms with E-state index in [4.69, 9.17) is 4.74 Å². The third-order valence-electron chi connectivity index (χ3n) is 4.60. The van der Waals surface area contributed by atoms with E-state index in [0.717, 1.165) is 32.1 Å². The molecule has 2 aliphatic carbocycles. The van der Waals surface area contributed by atoms with Crippen molar-refractivity contribution < 1.29 is 9.84 Å². The van der Waals surface area contributed by atoms with Crippen molar-refractivity contribution in [1.29, 1.82) is 0 Å². The third kappa shape index (κ3) is 1.24. The van der Waals surface area contributed by atoms with Crippen LogP contribution in [0.15, 0.2) is 0 Å². The Labute approximate surface area is 86.6 Å². The molecule has 0 saturated heterocycles. The lowest BCUT2D eigenvalue weighted by molar-refractivity contribution is -0.232. The van der Waals surface area contributed by atoms with Gasteiger partial charge in [-0.05, 0) is 31.6 Å². The smallest absolute Gasteiger partial charge is 0.0966 e. The fraction of sp³-hybridized carbons (Fsp3) is 1.00. The van der Waals surface area contributed by atoms with Crippen molar-refractivity contribution >= 4 is 0 Å². The van der Waals surface area contributed by atoms with Crippen molar-refractivity contribution in [2.24, 2.45) is 5.92 Å². The van der Waals surface area contributed by atoms with Crippen LogP contribution in [0.2, 0.25) is 0 Å². The molecule has 0 aromatic carbocycles. The van der Waals surface area contributed by atoms with Gasteiger partial charge < -0.3 is 9.84 Å². The Morgan fingerprint density at radius 2 is 1.79 bits per heavy atom. The van der Waals surface area contributed by atoms with Gasteiger partial charge in [0, 0.05) is 7.11 Å². The van der Waals surface area contributed by atoms with E-state index in [2.05, 4.69) is 6.92 Å². The highest BCUT2D eigenvalue weighted by atomic mass is 16.5. The molecule has 0 aliphatic heterocycles. The standard InChI is InChI=1S/C12H22O2/c1-10-6-5-8-11(14-2)7-3-4-9-12(10,11)13/h10,13H,3-9H2,1-2H3. The van der Waals surface area contributed by atoms with Crippen molar-refractivity contribution in [3.05, 3.63) is 0 Å². The van der Waals surface area contributed by atoms with E-state index < -0.39 is 5.60 Å². The van der Waals surface area contributed by atoms with Crippen LogP contribution >= 0.6 is 0 Å². The minimum absolute atomic E-state index is 0.219. The van der Waals surface area contributed by atoms with Crippen LogP contribution in [-0.4, -0.2) is 23.4 Å². The molecule has 82 valence electrons. The number of ether oxygens (including phenoxy) is 1. The molecule has 0 amide bonds. The van der Waals surface area contributed by atoms with Crippen LogP contribution in [0.4, 0.5) is 0 Å². The normalized spacial score (nSPS) is 48.6. The van der Waals surface area contributed by atoms with Gasteiger partial charge in [-0.1, -0.05) is 26.2 Å². The van der Waals surface area contributed by atoms with Gasteiger partial charge in [-0.15, -0.1) is 0 Å². The highest BCUT2D eigenvalue weighted by Crippen LogP contribution is 2.51. The van der Waals surface area contributed by atoms with Gasteiger partial charge in [0.15, 0.2) is 0 Å². The zero-order valence-electron chi connectivity index (χ0n) is 9.38. The van der Waals surface area contributed by atoms with Crippen LogP contribution in [0.25, 0.3) is 0 Å². The highest BCUT2D eigenvalue weighted by molar-refractivity contribution is 5.08. The molecular weight excluding hydrogens is 176 g/mol. The molecule has 3 unspecified atom stereocenters. The molecule has 3 atom stereocenters. The van der Waals surface area contributed by atoms with E-state index in [1.165, 1.54) is 12.8 Å². The van der Waals surface area contributed by atoms with E-state index in [1.54, 1.807) is 7.11 Å². The van der Waals surface area contributed by atoms with Gasteiger partial charge in [0.1, 0.15) is 0 Å². The molecule has 0 aromatic heterocycles. The molecule has 2 heteroatoms. The van der Waals surface area contributed by atoms with Gasteiger partial charge >= 0.3 is 0 Å². The topological polar surface area (TPSA) is 29.5 Å². The van der Waals surface area contributed by atoms with E-state index >= 15 is 0 Å². The van der Waals surface area contributed by atoms with E-state index in [0.29, 0.717) is 5.92 Å². The quantitative estimate of drug-likeness (QED) is 0.701. The summed E-state index contributed by atoms with van der Waals surface area (Å²) in [6.45, 7) is 2.18. The molecule has 0 radical (unpaired) electrons. The summed E-state index contributed by atoms with van der Waals surface area (Å²) < 4.78 is 5.71. The summed E-state index contributed by atoms with van der Waals surface area (Å²) in [4.78, 5) is 0. The van der Waals surface area contributed by atoms with Gasteiger partial charge in [-0.2, -0.15) is 0 Å². The van der Waals surface area contributed by atoms with Gasteiger partial charge in [0.25, 0.3) is 0 Å². The lowest BCUT2D eigenvalue weighted by Crippen LogP contribution is -2.62. The zero-order valence-corrected chi connectivity index (χ0v) is 9.38. The fourth-order valence-electron chi connectivity index (χ4n) is 3.60. The average Bonchev–Trinajstić information content (AvgIpc) is 2.20. The minimum atomic E-state index is -0.543. The Kier molecular flexibility index (Phi) is 2.61. The van der Waals surface area contributed by atoms with Crippen molar-refractivity contribution in [3.8, 4) is 0 Å². The molecule has 2 nitrogen and oxygen atoms in total. The van der Waals surface area contributed by atoms with E-state index in [-0.39, 0.29) is 5.60 Å². The van der Waals surface area contributed by atoms with Gasteiger partial charge in [-0.25, -0.2) is 0 Å². The van der Waals surface area contributed by atoms with Crippen molar-refractivity contribution in [1.82, 2.24) is 0 Å².